The first-order valence-electron chi connectivity index (χ1n) is 11.2. The van der Waals surface area contributed by atoms with Crippen LogP contribution in [0.1, 0.15) is 81.3 Å². The van der Waals surface area contributed by atoms with E-state index in [0.29, 0.717) is 0 Å². The molecule has 1 nitrogen and oxygen atoms in total. The highest BCUT2D eigenvalue weighted by Gasteiger charge is 2.29. The van der Waals surface area contributed by atoms with Crippen LogP contribution in [0.2, 0.25) is 0 Å². The molecule has 0 saturated carbocycles. The van der Waals surface area contributed by atoms with Gasteiger partial charge >= 0.3 is 0 Å². The van der Waals surface area contributed by atoms with Crippen molar-refractivity contribution in [1.29, 1.82) is 0 Å². The summed E-state index contributed by atoms with van der Waals surface area (Å²) in [4.78, 5) is 0. The van der Waals surface area contributed by atoms with Crippen LogP contribution in [0, 0.1) is 6.42 Å². The quantitative estimate of drug-likeness (QED) is 0.325. The molecule has 3 aromatic rings. The van der Waals surface area contributed by atoms with E-state index in [2.05, 4.69) is 96.5 Å². The summed E-state index contributed by atoms with van der Waals surface area (Å²) in [5.74, 6) is 0. The van der Waals surface area contributed by atoms with Gasteiger partial charge in [-0.15, -0.1) is 0 Å². The highest BCUT2D eigenvalue weighted by atomic mass is 16.3. The van der Waals surface area contributed by atoms with Crippen LogP contribution >= 0.6 is 0 Å². The van der Waals surface area contributed by atoms with E-state index in [9.17, 15) is 0 Å². The monoisotopic (exact) mass is 407 g/mol. The first-order valence-corrected chi connectivity index (χ1v) is 11.2. The average Bonchev–Trinajstić information content (AvgIpc) is 3.43. The molecule has 0 unspecified atom stereocenters. The molecule has 5 rings (SSSR count). The number of hydrogen-bond donors (Lipinski definition) is 0. The minimum atomic E-state index is 0.0799. The topological polar surface area (TPSA) is 13.1 Å². The Bertz CT molecular complexity index is 1220. The molecule has 0 spiro atoms. The summed E-state index contributed by atoms with van der Waals surface area (Å²) in [6, 6.07) is 13.9. The van der Waals surface area contributed by atoms with E-state index in [4.69, 9.17) is 4.42 Å². The molecule has 1 aromatic heterocycles. The molecule has 0 fully saturated rings. The van der Waals surface area contributed by atoms with E-state index >= 15 is 0 Å². The standard InChI is InChI=1S/C30H31O/c1-29(2,3)21-11-10-19-14-26-27(24-9-7-8-23(24)20-12-13-31-18-20)16-22(30(4,5)6)17-28(26)25(19)15-21/h7-8,10-18H,9H2,1-6H3. The third kappa shape index (κ3) is 3.41. The largest absolute Gasteiger partial charge is 0.472 e. The maximum atomic E-state index is 5.40. The molecule has 2 aliphatic rings. The molecular formula is C30H31O. The number of furan rings is 1. The van der Waals surface area contributed by atoms with Crippen LogP contribution in [-0.4, -0.2) is 0 Å². The van der Waals surface area contributed by atoms with E-state index < -0.39 is 0 Å². The molecule has 0 bridgehead atoms. The van der Waals surface area contributed by atoms with Crippen molar-refractivity contribution in [2.24, 2.45) is 0 Å². The maximum absolute atomic E-state index is 5.40. The van der Waals surface area contributed by atoms with Gasteiger partial charge < -0.3 is 4.42 Å². The summed E-state index contributed by atoms with van der Waals surface area (Å²) in [7, 11) is 0. The second-order valence-corrected chi connectivity index (χ2v) is 10.9. The highest BCUT2D eigenvalue weighted by Crippen LogP contribution is 2.48. The van der Waals surface area contributed by atoms with E-state index in [1.165, 1.54) is 50.1 Å². The molecule has 0 saturated heterocycles. The molecule has 31 heavy (non-hydrogen) atoms. The fraction of sp³-hybridized carbons (Fsp3) is 0.300. The van der Waals surface area contributed by atoms with E-state index in [1.54, 1.807) is 6.26 Å². The number of hydrogen-bond acceptors (Lipinski definition) is 1. The smallest absolute Gasteiger partial charge is 0.0981 e. The number of benzene rings is 2. The molecule has 1 heteroatoms. The Kier molecular flexibility index (Phi) is 4.45. The average molecular weight is 408 g/mol. The maximum Gasteiger partial charge on any atom is 0.0981 e. The molecule has 0 atom stereocenters. The zero-order chi connectivity index (χ0) is 22.0. The van der Waals surface area contributed by atoms with Crippen LogP contribution in [-0.2, 0) is 10.8 Å². The SMILES string of the molecule is CC(C)(C)c1ccc2c(c1)-c1cc(C(C)(C)C)cc(C3=C(c4ccoc4)C=CC3)c1[CH]2. The molecule has 2 aromatic carbocycles. The lowest BCUT2D eigenvalue weighted by Crippen LogP contribution is -2.12. The van der Waals surface area contributed by atoms with Gasteiger partial charge in [0, 0.05) is 12.0 Å². The minimum absolute atomic E-state index is 0.0799. The van der Waals surface area contributed by atoms with Gasteiger partial charge in [0.25, 0.3) is 0 Å². The molecule has 0 aliphatic heterocycles. The number of allylic oxidation sites excluding steroid dienone is 4. The van der Waals surface area contributed by atoms with E-state index in [0.717, 1.165) is 12.0 Å². The molecule has 1 radical (unpaired) electrons. The van der Waals surface area contributed by atoms with Crippen molar-refractivity contribution in [1.82, 2.24) is 0 Å². The molecule has 0 amide bonds. The second-order valence-electron chi connectivity index (χ2n) is 10.9. The van der Waals surface area contributed by atoms with E-state index in [1.807, 2.05) is 6.26 Å². The van der Waals surface area contributed by atoms with Gasteiger partial charge in [-0.1, -0.05) is 84.0 Å². The zero-order valence-corrected chi connectivity index (χ0v) is 19.5. The summed E-state index contributed by atoms with van der Waals surface area (Å²) in [6.45, 7) is 13.8. The van der Waals surface area contributed by atoms with Gasteiger partial charge in [-0.25, -0.2) is 0 Å². The predicted octanol–water partition coefficient (Wildman–Crippen LogP) is 8.33. The van der Waals surface area contributed by atoms with Crippen LogP contribution in [0.15, 0.2) is 65.5 Å². The van der Waals surface area contributed by atoms with Gasteiger partial charge in [-0.05, 0) is 73.4 Å². The zero-order valence-electron chi connectivity index (χ0n) is 19.5. The second kappa shape index (κ2) is 6.85. The van der Waals surface area contributed by atoms with Crippen molar-refractivity contribution in [2.75, 3.05) is 0 Å². The highest BCUT2D eigenvalue weighted by molar-refractivity contribution is 6.01. The summed E-state index contributed by atoms with van der Waals surface area (Å²) in [5.41, 5.74) is 13.6. The fourth-order valence-electron chi connectivity index (χ4n) is 4.70. The summed E-state index contributed by atoms with van der Waals surface area (Å²) in [5, 5.41) is 0. The first-order chi connectivity index (χ1) is 14.6. The van der Waals surface area contributed by atoms with Gasteiger partial charge in [0.15, 0.2) is 0 Å². The van der Waals surface area contributed by atoms with Gasteiger partial charge in [-0.2, -0.15) is 0 Å². The molecule has 2 aliphatic carbocycles. The Morgan fingerprint density at radius 1 is 0.774 bits per heavy atom. The first kappa shape index (κ1) is 20.1. The Morgan fingerprint density at radius 3 is 2.16 bits per heavy atom. The molecule has 0 N–H and O–H groups in total. The lowest BCUT2D eigenvalue weighted by Gasteiger charge is -2.24. The van der Waals surface area contributed by atoms with Crippen LogP contribution in [0.4, 0.5) is 0 Å². The third-order valence-electron chi connectivity index (χ3n) is 6.64. The Labute approximate surface area is 186 Å². The number of rotatable bonds is 2. The molecular weight excluding hydrogens is 376 g/mol. The van der Waals surface area contributed by atoms with Gasteiger partial charge in [0.05, 0.1) is 12.5 Å². The molecule has 1 heterocycles. The third-order valence-corrected chi connectivity index (χ3v) is 6.64. The summed E-state index contributed by atoms with van der Waals surface area (Å²) >= 11 is 0. The van der Waals surface area contributed by atoms with Gasteiger partial charge in [-0.3, -0.25) is 0 Å². The normalized spacial score (nSPS) is 15.5. The van der Waals surface area contributed by atoms with E-state index in [-0.39, 0.29) is 10.8 Å². The van der Waals surface area contributed by atoms with Crippen molar-refractivity contribution >= 4 is 11.1 Å². The van der Waals surface area contributed by atoms with Gasteiger partial charge in [0.2, 0.25) is 0 Å². The Balaban J connectivity index is 1.76. The fourth-order valence-corrected chi connectivity index (χ4v) is 4.70. The van der Waals surface area contributed by atoms with Crippen LogP contribution in [0.25, 0.3) is 22.3 Å². The van der Waals surface area contributed by atoms with Crippen molar-refractivity contribution in [3.05, 3.63) is 101 Å². The Hall–Kier alpha value is -2.80. The lowest BCUT2D eigenvalue weighted by atomic mass is 9.81. The van der Waals surface area contributed by atoms with Crippen LogP contribution in [0.5, 0.6) is 0 Å². The van der Waals surface area contributed by atoms with Crippen molar-refractivity contribution in [3.8, 4) is 11.1 Å². The van der Waals surface area contributed by atoms with Crippen LogP contribution in [0.3, 0.4) is 0 Å². The minimum Gasteiger partial charge on any atom is -0.472 e. The number of fused-ring (bicyclic) bond motifs is 3. The Morgan fingerprint density at radius 2 is 1.48 bits per heavy atom. The van der Waals surface area contributed by atoms with Gasteiger partial charge in [0.1, 0.15) is 0 Å². The van der Waals surface area contributed by atoms with Crippen molar-refractivity contribution in [3.63, 3.8) is 0 Å². The van der Waals surface area contributed by atoms with Crippen molar-refractivity contribution in [2.45, 2.75) is 58.8 Å². The molecule has 157 valence electrons. The van der Waals surface area contributed by atoms with Crippen molar-refractivity contribution < 1.29 is 4.42 Å². The summed E-state index contributed by atoms with van der Waals surface area (Å²) < 4.78 is 5.40. The predicted molar refractivity (Wildman–Crippen MR) is 131 cm³/mol. The van der Waals surface area contributed by atoms with Crippen LogP contribution < -0.4 is 0 Å². The lowest BCUT2D eigenvalue weighted by molar-refractivity contribution is 0.566. The summed E-state index contributed by atoms with van der Waals surface area (Å²) in [6.07, 6.45) is 11.5.